The van der Waals surface area contributed by atoms with Crippen LogP contribution in [0, 0.1) is 11.3 Å². The summed E-state index contributed by atoms with van der Waals surface area (Å²) < 4.78 is 0. The first kappa shape index (κ1) is 17.3. The van der Waals surface area contributed by atoms with Crippen molar-refractivity contribution in [1.29, 1.82) is 0 Å². The van der Waals surface area contributed by atoms with Gasteiger partial charge >= 0.3 is 0 Å². The normalized spacial score (nSPS) is 28.9. The van der Waals surface area contributed by atoms with Crippen molar-refractivity contribution in [3.8, 4) is 0 Å². The monoisotopic (exact) mass is 294 g/mol. The van der Waals surface area contributed by atoms with E-state index in [2.05, 4.69) is 37.5 Å². The van der Waals surface area contributed by atoms with E-state index in [1.807, 2.05) is 0 Å². The van der Waals surface area contributed by atoms with E-state index in [1.54, 1.807) is 0 Å². The maximum Gasteiger partial charge on any atom is 0.00700 e. The molecule has 2 nitrogen and oxygen atoms in total. The van der Waals surface area contributed by atoms with Crippen molar-refractivity contribution in [2.75, 3.05) is 32.7 Å². The summed E-state index contributed by atoms with van der Waals surface area (Å²) in [6, 6.07) is 0.793. The molecule has 21 heavy (non-hydrogen) atoms. The Morgan fingerprint density at radius 2 is 1.81 bits per heavy atom. The number of unbranched alkanes of at least 4 members (excludes halogenated alkanes) is 2. The van der Waals surface area contributed by atoms with Crippen LogP contribution in [-0.2, 0) is 0 Å². The van der Waals surface area contributed by atoms with E-state index in [1.165, 1.54) is 77.7 Å². The van der Waals surface area contributed by atoms with Crippen molar-refractivity contribution in [2.24, 2.45) is 11.3 Å². The summed E-state index contributed by atoms with van der Waals surface area (Å²) in [5.41, 5.74) is 0.583. The molecule has 2 heterocycles. The number of likely N-dealkylation sites (tertiary alicyclic amines) is 2. The lowest BCUT2D eigenvalue weighted by molar-refractivity contribution is 0.0896. The summed E-state index contributed by atoms with van der Waals surface area (Å²) in [6.07, 6.45) is 9.78. The molecule has 0 bridgehead atoms. The first-order valence-electron chi connectivity index (χ1n) is 9.46. The summed E-state index contributed by atoms with van der Waals surface area (Å²) in [5, 5.41) is 0. The minimum absolute atomic E-state index is 0.583. The van der Waals surface area contributed by atoms with Crippen LogP contribution in [0.4, 0.5) is 0 Å². The van der Waals surface area contributed by atoms with Crippen molar-refractivity contribution in [2.45, 2.75) is 78.7 Å². The highest BCUT2D eigenvalue weighted by Crippen LogP contribution is 2.32. The summed E-state index contributed by atoms with van der Waals surface area (Å²) in [4.78, 5) is 5.47. The third-order valence-electron chi connectivity index (χ3n) is 5.90. The van der Waals surface area contributed by atoms with Crippen LogP contribution >= 0.6 is 0 Å². The van der Waals surface area contributed by atoms with Crippen LogP contribution in [0.15, 0.2) is 0 Å². The van der Waals surface area contributed by atoms with E-state index < -0.39 is 0 Å². The van der Waals surface area contributed by atoms with Gasteiger partial charge in [0.05, 0.1) is 0 Å². The van der Waals surface area contributed by atoms with Crippen LogP contribution in [-0.4, -0.2) is 48.6 Å². The SMILES string of the molecule is CCCCCN1CCC(CC(C)N2CCC(C)(C)CC2)C1. The van der Waals surface area contributed by atoms with Crippen molar-refractivity contribution >= 4 is 0 Å². The van der Waals surface area contributed by atoms with Gasteiger partial charge in [0.1, 0.15) is 0 Å². The molecule has 2 unspecified atom stereocenters. The molecule has 0 saturated carbocycles. The molecule has 0 spiro atoms. The lowest BCUT2D eigenvalue weighted by Crippen LogP contribution is -2.43. The fourth-order valence-electron chi connectivity index (χ4n) is 4.10. The number of nitrogens with zero attached hydrogens (tertiary/aromatic N) is 2. The average Bonchev–Trinajstić information content (AvgIpc) is 2.86. The molecule has 124 valence electrons. The largest absolute Gasteiger partial charge is 0.303 e. The van der Waals surface area contributed by atoms with Gasteiger partial charge in [0.15, 0.2) is 0 Å². The quantitative estimate of drug-likeness (QED) is 0.642. The second kappa shape index (κ2) is 7.97. The molecule has 2 atom stereocenters. The molecule has 2 rings (SSSR count). The van der Waals surface area contributed by atoms with Crippen LogP contribution < -0.4 is 0 Å². The molecule has 2 aliphatic heterocycles. The second-order valence-corrected chi connectivity index (χ2v) is 8.45. The van der Waals surface area contributed by atoms with Gasteiger partial charge in [0.25, 0.3) is 0 Å². The lowest BCUT2D eigenvalue weighted by Gasteiger charge is -2.40. The van der Waals surface area contributed by atoms with E-state index in [-0.39, 0.29) is 0 Å². The molecule has 2 aliphatic rings. The van der Waals surface area contributed by atoms with Gasteiger partial charge in [-0.15, -0.1) is 0 Å². The third kappa shape index (κ3) is 5.56. The van der Waals surface area contributed by atoms with E-state index in [0.29, 0.717) is 5.41 Å². The van der Waals surface area contributed by atoms with Gasteiger partial charge in [-0.3, -0.25) is 0 Å². The van der Waals surface area contributed by atoms with Gasteiger partial charge in [0, 0.05) is 12.6 Å². The van der Waals surface area contributed by atoms with Crippen molar-refractivity contribution in [3.05, 3.63) is 0 Å². The van der Waals surface area contributed by atoms with Gasteiger partial charge in [-0.2, -0.15) is 0 Å². The van der Waals surface area contributed by atoms with Gasteiger partial charge < -0.3 is 9.80 Å². The Balaban J connectivity index is 1.66. The summed E-state index contributed by atoms with van der Waals surface area (Å²) >= 11 is 0. The third-order valence-corrected chi connectivity index (χ3v) is 5.90. The minimum Gasteiger partial charge on any atom is -0.303 e. The Morgan fingerprint density at radius 3 is 2.48 bits per heavy atom. The van der Waals surface area contributed by atoms with Crippen molar-refractivity contribution in [1.82, 2.24) is 9.80 Å². The van der Waals surface area contributed by atoms with Gasteiger partial charge in [0.2, 0.25) is 0 Å². The van der Waals surface area contributed by atoms with E-state index in [4.69, 9.17) is 0 Å². The Bertz CT molecular complexity index is 290. The van der Waals surface area contributed by atoms with Gasteiger partial charge in [-0.05, 0) is 76.5 Å². The molecular formula is C19H38N2. The van der Waals surface area contributed by atoms with Crippen molar-refractivity contribution in [3.63, 3.8) is 0 Å². The van der Waals surface area contributed by atoms with E-state index in [9.17, 15) is 0 Å². The number of hydrogen-bond donors (Lipinski definition) is 0. The molecule has 0 aromatic heterocycles. The molecule has 0 aliphatic carbocycles. The minimum atomic E-state index is 0.583. The predicted molar refractivity (Wildman–Crippen MR) is 92.7 cm³/mol. The Hall–Kier alpha value is -0.0800. The summed E-state index contributed by atoms with van der Waals surface area (Å²) in [7, 11) is 0. The van der Waals surface area contributed by atoms with E-state index >= 15 is 0 Å². The lowest BCUT2D eigenvalue weighted by atomic mass is 9.82. The van der Waals surface area contributed by atoms with Gasteiger partial charge in [-0.25, -0.2) is 0 Å². The zero-order valence-electron chi connectivity index (χ0n) is 15.0. The Labute approximate surface area is 133 Å². The zero-order valence-corrected chi connectivity index (χ0v) is 15.0. The molecule has 0 aromatic carbocycles. The highest BCUT2D eigenvalue weighted by molar-refractivity contribution is 4.84. The van der Waals surface area contributed by atoms with E-state index in [0.717, 1.165) is 12.0 Å². The van der Waals surface area contributed by atoms with Gasteiger partial charge in [-0.1, -0.05) is 33.6 Å². The number of piperidine rings is 1. The fraction of sp³-hybridized carbons (Fsp3) is 1.00. The van der Waals surface area contributed by atoms with Crippen LogP contribution in [0.3, 0.4) is 0 Å². The topological polar surface area (TPSA) is 6.48 Å². The maximum atomic E-state index is 2.75. The van der Waals surface area contributed by atoms with Crippen LogP contribution in [0.5, 0.6) is 0 Å². The first-order chi connectivity index (χ1) is 10.00. The average molecular weight is 295 g/mol. The Morgan fingerprint density at radius 1 is 1.10 bits per heavy atom. The maximum absolute atomic E-state index is 2.75. The smallest absolute Gasteiger partial charge is 0.00700 e. The standard InChI is InChI=1S/C19H38N2/c1-5-6-7-11-20-12-8-18(16-20)15-17(2)21-13-9-19(3,4)10-14-21/h17-18H,5-16H2,1-4H3. The second-order valence-electron chi connectivity index (χ2n) is 8.45. The molecule has 2 heteroatoms. The predicted octanol–water partition coefficient (Wildman–Crippen LogP) is 4.40. The molecule has 2 saturated heterocycles. The Kier molecular flexibility index (Phi) is 6.55. The molecule has 0 aromatic rings. The molecule has 0 amide bonds. The molecule has 0 radical (unpaired) electrons. The molecular weight excluding hydrogens is 256 g/mol. The van der Waals surface area contributed by atoms with Crippen LogP contribution in [0.2, 0.25) is 0 Å². The zero-order chi connectivity index (χ0) is 15.3. The highest BCUT2D eigenvalue weighted by atomic mass is 15.2. The first-order valence-corrected chi connectivity index (χ1v) is 9.46. The number of hydrogen-bond acceptors (Lipinski definition) is 2. The summed E-state index contributed by atoms with van der Waals surface area (Å²) in [6.45, 7) is 16.3. The summed E-state index contributed by atoms with van der Waals surface area (Å²) in [5.74, 6) is 0.955. The fourth-order valence-corrected chi connectivity index (χ4v) is 4.10. The van der Waals surface area contributed by atoms with Crippen molar-refractivity contribution < 1.29 is 0 Å². The molecule has 2 fully saturated rings. The van der Waals surface area contributed by atoms with Crippen LogP contribution in [0.25, 0.3) is 0 Å². The highest BCUT2D eigenvalue weighted by Gasteiger charge is 2.30. The van der Waals surface area contributed by atoms with Crippen LogP contribution in [0.1, 0.15) is 72.6 Å². The number of rotatable bonds is 7. The molecule has 0 N–H and O–H groups in total.